The molecule has 1 heterocycles. The highest BCUT2D eigenvalue weighted by Crippen LogP contribution is 2.65. The van der Waals surface area contributed by atoms with Crippen molar-refractivity contribution in [2.24, 2.45) is 34.5 Å². The lowest BCUT2D eigenvalue weighted by Crippen LogP contribution is -2.59. The Labute approximate surface area is 185 Å². The predicted molar refractivity (Wildman–Crippen MR) is 121 cm³/mol. The normalized spacial score (nSPS) is 41.2. The van der Waals surface area contributed by atoms with E-state index in [-0.39, 0.29) is 34.5 Å². The van der Waals surface area contributed by atoms with E-state index in [2.05, 4.69) is 25.2 Å². The lowest BCUT2D eigenvalue weighted by Gasteiger charge is -2.58. The second-order valence-electron chi connectivity index (χ2n) is 11.2. The van der Waals surface area contributed by atoms with Crippen molar-refractivity contribution >= 4 is 11.7 Å². The zero-order valence-electron chi connectivity index (χ0n) is 19.2. The van der Waals surface area contributed by atoms with Crippen LogP contribution in [-0.4, -0.2) is 22.8 Å². The van der Waals surface area contributed by atoms with Crippen molar-refractivity contribution < 1.29 is 14.7 Å². The van der Waals surface area contributed by atoms with E-state index < -0.39 is 0 Å². The summed E-state index contributed by atoms with van der Waals surface area (Å²) in [7, 11) is 0. The van der Waals surface area contributed by atoms with Gasteiger partial charge in [-0.2, -0.15) is 0 Å². The summed E-state index contributed by atoms with van der Waals surface area (Å²) in [5.41, 5.74) is 2.40. The van der Waals surface area contributed by atoms with Crippen LogP contribution >= 0.6 is 0 Å². The number of nitrogens with one attached hydrogen (secondary N) is 1. The molecule has 1 aliphatic heterocycles. The molecule has 3 saturated carbocycles. The van der Waals surface area contributed by atoms with Gasteiger partial charge in [0.2, 0.25) is 5.91 Å². The molecule has 3 aliphatic carbocycles. The zero-order valence-corrected chi connectivity index (χ0v) is 19.2. The van der Waals surface area contributed by atoms with Crippen LogP contribution in [0.4, 0.5) is 0 Å². The minimum absolute atomic E-state index is 0.0332. The Morgan fingerprint density at radius 3 is 2.45 bits per heavy atom. The number of amides is 1. The van der Waals surface area contributed by atoms with E-state index >= 15 is 0 Å². The number of aromatic hydroxyl groups is 1. The number of carbonyl (C=O) groups excluding carboxylic acids is 2. The maximum atomic E-state index is 13.7. The van der Waals surface area contributed by atoms with Crippen LogP contribution in [0.1, 0.15) is 73.9 Å². The Kier molecular flexibility index (Phi) is 4.66. The summed E-state index contributed by atoms with van der Waals surface area (Å²) in [4.78, 5) is 25.6. The van der Waals surface area contributed by atoms with Gasteiger partial charge in [-0.1, -0.05) is 19.9 Å². The maximum Gasteiger partial charge on any atom is 0.243 e. The summed E-state index contributed by atoms with van der Waals surface area (Å²) in [5.74, 6) is 2.45. The summed E-state index contributed by atoms with van der Waals surface area (Å²) in [5, 5.41) is 13.4. The Morgan fingerprint density at radius 2 is 1.74 bits per heavy atom. The molecule has 166 valence electrons. The lowest BCUT2D eigenvalue weighted by molar-refractivity contribution is -0.122. The van der Waals surface area contributed by atoms with Gasteiger partial charge in [-0.3, -0.25) is 9.59 Å². The molecule has 4 heteroatoms. The molecule has 1 aromatic carbocycles. The number of rotatable bonds is 2. The Hall–Kier alpha value is -2.10. The van der Waals surface area contributed by atoms with Crippen LogP contribution in [0.15, 0.2) is 24.3 Å². The molecule has 1 amide bonds. The number of ketones is 1. The van der Waals surface area contributed by atoms with Crippen molar-refractivity contribution in [2.45, 2.75) is 72.3 Å². The van der Waals surface area contributed by atoms with Gasteiger partial charge in [0.1, 0.15) is 5.75 Å². The largest absolute Gasteiger partial charge is 0.507 e. The number of benzene rings is 1. The number of phenolic OH excluding ortho intramolecular Hbond substituents is 1. The number of hydrogen-bond donors (Lipinski definition) is 2. The van der Waals surface area contributed by atoms with E-state index in [0.717, 1.165) is 55.2 Å². The van der Waals surface area contributed by atoms with Crippen LogP contribution in [0.25, 0.3) is 0 Å². The number of fused-ring (bicyclic) bond motifs is 5. The van der Waals surface area contributed by atoms with E-state index in [4.69, 9.17) is 0 Å². The van der Waals surface area contributed by atoms with Gasteiger partial charge in [0.25, 0.3) is 0 Å². The average molecular weight is 422 g/mol. The molecule has 31 heavy (non-hydrogen) atoms. The van der Waals surface area contributed by atoms with Crippen molar-refractivity contribution in [1.29, 1.82) is 0 Å². The first kappa shape index (κ1) is 20.8. The van der Waals surface area contributed by atoms with Crippen molar-refractivity contribution in [2.75, 3.05) is 0 Å². The third-order valence-electron chi connectivity index (χ3n) is 9.78. The highest BCUT2D eigenvalue weighted by atomic mass is 16.3. The Bertz CT molecular complexity index is 958. The van der Waals surface area contributed by atoms with Gasteiger partial charge in [-0.25, -0.2) is 0 Å². The standard InChI is InChI=1S/C27H35NO3/c1-15-13-17(14-16(2)24(15)30)25(31)21-7-6-19-18-5-8-22-27(4,12-10-23(29)28-22)20(18)9-11-26(19,21)3/h10,12-14,18-22,30H,5-9,11H2,1-4H3,(H,28,29)/t18-,19-,20+,21?,22?,26-,27+/m0/s1. The first-order valence-corrected chi connectivity index (χ1v) is 12.0. The fourth-order valence-electron chi connectivity index (χ4n) is 8.06. The average Bonchev–Trinajstić information content (AvgIpc) is 3.08. The smallest absolute Gasteiger partial charge is 0.243 e. The SMILES string of the molecule is Cc1cc(C(=O)C2CC[C@H]3[C@@H]4CCC5NC(=O)C=C[C@]5(C)[C@@H]4CC[C@]23C)cc(C)c1O. The monoisotopic (exact) mass is 421 g/mol. The summed E-state index contributed by atoms with van der Waals surface area (Å²) < 4.78 is 0. The molecule has 0 saturated heterocycles. The molecule has 3 fully saturated rings. The molecule has 2 N–H and O–H groups in total. The third-order valence-corrected chi connectivity index (χ3v) is 9.78. The molecular formula is C27H35NO3. The fourth-order valence-corrected chi connectivity index (χ4v) is 8.06. The second kappa shape index (κ2) is 6.95. The minimum Gasteiger partial charge on any atom is -0.507 e. The van der Waals surface area contributed by atoms with Crippen molar-refractivity contribution in [3.63, 3.8) is 0 Å². The fraction of sp³-hybridized carbons (Fsp3) is 0.630. The first-order chi connectivity index (χ1) is 14.6. The summed E-state index contributed by atoms with van der Waals surface area (Å²) in [6, 6.07) is 3.99. The molecule has 0 radical (unpaired) electrons. The predicted octanol–water partition coefficient (Wildman–Crippen LogP) is 5.11. The number of hydrogen-bond acceptors (Lipinski definition) is 3. The number of Topliss-reactive ketones (excluding diaryl/α,β-unsaturated/α-hetero) is 1. The van der Waals surface area contributed by atoms with Gasteiger partial charge in [-0.15, -0.1) is 0 Å². The lowest BCUT2D eigenvalue weighted by atomic mass is 9.47. The van der Waals surface area contributed by atoms with Crippen LogP contribution in [0.5, 0.6) is 5.75 Å². The van der Waals surface area contributed by atoms with E-state index in [1.807, 2.05) is 26.0 Å². The van der Waals surface area contributed by atoms with Crippen molar-refractivity contribution in [3.8, 4) is 5.75 Å². The van der Waals surface area contributed by atoms with Gasteiger partial charge in [-0.05, 0) is 105 Å². The van der Waals surface area contributed by atoms with Gasteiger partial charge >= 0.3 is 0 Å². The number of carbonyl (C=O) groups is 2. The summed E-state index contributed by atoms with van der Waals surface area (Å²) >= 11 is 0. The first-order valence-electron chi connectivity index (χ1n) is 12.0. The Morgan fingerprint density at radius 1 is 1.03 bits per heavy atom. The molecule has 4 nitrogen and oxygen atoms in total. The van der Waals surface area contributed by atoms with Crippen LogP contribution < -0.4 is 5.32 Å². The highest BCUT2D eigenvalue weighted by molar-refractivity contribution is 5.99. The topological polar surface area (TPSA) is 66.4 Å². The van der Waals surface area contributed by atoms with Crippen LogP contribution in [0.3, 0.4) is 0 Å². The summed E-state index contributed by atoms with van der Waals surface area (Å²) in [6.45, 7) is 8.46. The summed E-state index contributed by atoms with van der Waals surface area (Å²) in [6.07, 6.45) is 10.4. The molecule has 0 aromatic heterocycles. The highest BCUT2D eigenvalue weighted by Gasteiger charge is 2.60. The van der Waals surface area contributed by atoms with Crippen LogP contribution in [0.2, 0.25) is 0 Å². The van der Waals surface area contributed by atoms with E-state index in [0.29, 0.717) is 23.5 Å². The van der Waals surface area contributed by atoms with Gasteiger partial charge in [0, 0.05) is 22.9 Å². The van der Waals surface area contributed by atoms with Gasteiger partial charge < -0.3 is 10.4 Å². The second-order valence-corrected chi connectivity index (χ2v) is 11.2. The molecule has 1 aromatic rings. The van der Waals surface area contributed by atoms with E-state index in [9.17, 15) is 14.7 Å². The van der Waals surface area contributed by atoms with Crippen molar-refractivity contribution in [1.82, 2.24) is 5.32 Å². The number of aryl methyl sites for hydroxylation is 2. The van der Waals surface area contributed by atoms with Crippen LogP contribution in [0, 0.1) is 48.3 Å². The van der Waals surface area contributed by atoms with Gasteiger partial charge in [0.05, 0.1) is 0 Å². The maximum absolute atomic E-state index is 13.7. The minimum atomic E-state index is 0.0332. The van der Waals surface area contributed by atoms with Crippen LogP contribution in [-0.2, 0) is 4.79 Å². The molecular weight excluding hydrogens is 386 g/mol. The Balaban J connectivity index is 1.43. The molecule has 4 aliphatic rings. The zero-order chi connectivity index (χ0) is 22.1. The van der Waals surface area contributed by atoms with Crippen molar-refractivity contribution in [3.05, 3.63) is 41.0 Å². The quantitative estimate of drug-likeness (QED) is 0.653. The third kappa shape index (κ3) is 2.93. The molecule has 5 rings (SSSR count). The molecule has 7 atom stereocenters. The number of phenols is 1. The van der Waals surface area contributed by atoms with E-state index in [1.54, 1.807) is 6.08 Å². The molecule has 2 unspecified atom stereocenters. The van der Waals surface area contributed by atoms with Gasteiger partial charge in [0.15, 0.2) is 5.78 Å². The van der Waals surface area contributed by atoms with E-state index in [1.165, 1.54) is 0 Å². The molecule has 0 bridgehead atoms. The molecule has 0 spiro atoms.